The van der Waals surface area contributed by atoms with E-state index >= 15 is 0 Å². The van der Waals surface area contributed by atoms with Crippen molar-refractivity contribution < 1.29 is 0 Å². The fourth-order valence-corrected chi connectivity index (χ4v) is 0.811. The molecule has 0 unspecified atom stereocenters. The fourth-order valence-electron chi connectivity index (χ4n) is 0.811. The van der Waals surface area contributed by atoms with Crippen molar-refractivity contribution in [1.82, 2.24) is 15.1 Å². The molecule has 0 bridgehead atoms. The van der Waals surface area contributed by atoms with Gasteiger partial charge in [-0.2, -0.15) is 5.10 Å². The Bertz CT molecular complexity index is 196. The molecule has 1 rings (SSSR count). The van der Waals surface area contributed by atoms with E-state index in [1.807, 2.05) is 20.2 Å². The van der Waals surface area contributed by atoms with Gasteiger partial charge < -0.3 is 11.1 Å². The van der Waals surface area contributed by atoms with Gasteiger partial charge in [0.1, 0.15) is 5.82 Å². The lowest BCUT2D eigenvalue weighted by Crippen LogP contribution is -2.05. The van der Waals surface area contributed by atoms with Crippen LogP contribution in [0.5, 0.6) is 0 Å². The average molecular weight is 140 g/mol. The molecule has 0 aliphatic rings. The highest BCUT2D eigenvalue weighted by Crippen LogP contribution is 2.02. The molecule has 1 aromatic heterocycles. The SMILES string of the molecule is CNCc1cc(N)n(C)n1. The Balaban J connectivity index is 2.77. The van der Waals surface area contributed by atoms with Crippen LogP contribution in [0, 0.1) is 0 Å². The molecule has 0 aromatic carbocycles. The zero-order valence-corrected chi connectivity index (χ0v) is 6.26. The third-order valence-electron chi connectivity index (χ3n) is 1.32. The van der Waals surface area contributed by atoms with Gasteiger partial charge in [-0.3, -0.25) is 4.68 Å². The predicted molar refractivity (Wildman–Crippen MR) is 40.4 cm³/mol. The summed E-state index contributed by atoms with van der Waals surface area (Å²) in [6.45, 7) is 0.769. The molecule has 1 heterocycles. The van der Waals surface area contributed by atoms with E-state index in [4.69, 9.17) is 5.73 Å². The zero-order chi connectivity index (χ0) is 7.56. The maximum atomic E-state index is 5.54. The lowest BCUT2D eigenvalue weighted by Gasteiger charge is -1.90. The summed E-state index contributed by atoms with van der Waals surface area (Å²) < 4.78 is 1.66. The molecule has 0 fully saturated rings. The molecule has 3 N–H and O–H groups in total. The van der Waals surface area contributed by atoms with Crippen molar-refractivity contribution in [2.75, 3.05) is 12.8 Å². The normalized spacial score (nSPS) is 10.2. The second-order valence-corrected chi connectivity index (χ2v) is 2.21. The van der Waals surface area contributed by atoms with Crippen LogP contribution in [0.4, 0.5) is 5.82 Å². The minimum Gasteiger partial charge on any atom is -0.384 e. The molecular formula is C6H12N4. The van der Waals surface area contributed by atoms with Gasteiger partial charge in [0, 0.05) is 19.7 Å². The van der Waals surface area contributed by atoms with Crippen LogP contribution < -0.4 is 11.1 Å². The van der Waals surface area contributed by atoms with Crippen LogP contribution >= 0.6 is 0 Å². The summed E-state index contributed by atoms with van der Waals surface area (Å²) in [5.74, 6) is 0.699. The third kappa shape index (κ3) is 1.27. The number of aromatic nitrogens is 2. The molecule has 1 aromatic rings. The Morgan fingerprint density at radius 2 is 2.50 bits per heavy atom. The van der Waals surface area contributed by atoms with Crippen molar-refractivity contribution in [3.63, 3.8) is 0 Å². The fraction of sp³-hybridized carbons (Fsp3) is 0.500. The first-order valence-corrected chi connectivity index (χ1v) is 3.17. The molecule has 0 atom stereocenters. The van der Waals surface area contributed by atoms with Gasteiger partial charge in [0.2, 0.25) is 0 Å². The van der Waals surface area contributed by atoms with Crippen LogP contribution in [0.3, 0.4) is 0 Å². The van der Waals surface area contributed by atoms with Crippen LogP contribution in [0.15, 0.2) is 6.07 Å². The van der Waals surface area contributed by atoms with Crippen LogP contribution in [0.2, 0.25) is 0 Å². The lowest BCUT2D eigenvalue weighted by atomic mass is 10.4. The molecule has 0 aliphatic heterocycles. The standard InChI is InChI=1S/C6H12N4/c1-8-4-5-3-6(7)10(2)9-5/h3,8H,4,7H2,1-2H3. The highest BCUT2D eigenvalue weighted by molar-refractivity contribution is 5.30. The number of rotatable bonds is 2. The van der Waals surface area contributed by atoms with Crippen LogP contribution in [-0.4, -0.2) is 16.8 Å². The molecule has 0 amide bonds. The smallest absolute Gasteiger partial charge is 0.121 e. The van der Waals surface area contributed by atoms with Gasteiger partial charge in [0.25, 0.3) is 0 Å². The Labute approximate surface area is 60.0 Å². The number of aryl methyl sites for hydroxylation is 1. The van der Waals surface area contributed by atoms with E-state index in [1.54, 1.807) is 4.68 Å². The Morgan fingerprint density at radius 3 is 2.90 bits per heavy atom. The van der Waals surface area contributed by atoms with Gasteiger partial charge in [-0.25, -0.2) is 0 Å². The first-order chi connectivity index (χ1) is 4.74. The number of nitrogens with zero attached hydrogens (tertiary/aromatic N) is 2. The first-order valence-electron chi connectivity index (χ1n) is 3.17. The maximum absolute atomic E-state index is 5.54. The molecule has 0 saturated heterocycles. The Hall–Kier alpha value is -1.03. The van der Waals surface area contributed by atoms with Crippen molar-refractivity contribution in [3.05, 3.63) is 11.8 Å². The first kappa shape index (κ1) is 7.08. The van der Waals surface area contributed by atoms with E-state index in [2.05, 4.69) is 10.4 Å². The second kappa shape index (κ2) is 2.70. The minimum atomic E-state index is 0.699. The van der Waals surface area contributed by atoms with Crippen molar-refractivity contribution in [2.45, 2.75) is 6.54 Å². The van der Waals surface area contributed by atoms with Gasteiger partial charge in [0.15, 0.2) is 0 Å². The molecule has 0 radical (unpaired) electrons. The van der Waals surface area contributed by atoms with E-state index in [0.717, 1.165) is 12.2 Å². The minimum absolute atomic E-state index is 0.699. The van der Waals surface area contributed by atoms with Crippen LogP contribution in [0.25, 0.3) is 0 Å². The zero-order valence-electron chi connectivity index (χ0n) is 6.26. The van der Waals surface area contributed by atoms with Gasteiger partial charge >= 0.3 is 0 Å². The molecule has 4 nitrogen and oxygen atoms in total. The number of nitrogen functional groups attached to an aromatic ring is 1. The largest absolute Gasteiger partial charge is 0.384 e. The maximum Gasteiger partial charge on any atom is 0.121 e. The second-order valence-electron chi connectivity index (χ2n) is 2.21. The van der Waals surface area contributed by atoms with Crippen molar-refractivity contribution in [2.24, 2.45) is 7.05 Å². The lowest BCUT2D eigenvalue weighted by molar-refractivity contribution is 0.717. The summed E-state index contributed by atoms with van der Waals surface area (Å²) in [6, 6.07) is 1.86. The molecule has 0 aliphatic carbocycles. The van der Waals surface area contributed by atoms with E-state index in [-0.39, 0.29) is 0 Å². The van der Waals surface area contributed by atoms with Gasteiger partial charge in [-0.05, 0) is 7.05 Å². The number of anilines is 1. The summed E-state index contributed by atoms with van der Waals surface area (Å²) in [4.78, 5) is 0. The van der Waals surface area contributed by atoms with Crippen LogP contribution in [0.1, 0.15) is 5.69 Å². The molecule has 10 heavy (non-hydrogen) atoms. The van der Waals surface area contributed by atoms with Crippen molar-refractivity contribution >= 4 is 5.82 Å². The third-order valence-corrected chi connectivity index (χ3v) is 1.32. The highest BCUT2D eigenvalue weighted by Gasteiger charge is 1.98. The molecule has 56 valence electrons. The highest BCUT2D eigenvalue weighted by atomic mass is 15.3. The summed E-state index contributed by atoms with van der Waals surface area (Å²) in [5.41, 5.74) is 6.52. The summed E-state index contributed by atoms with van der Waals surface area (Å²) >= 11 is 0. The predicted octanol–water partition coefficient (Wildman–Crippen LogP) is -0.278. The summed E-state index contributed by atoms with van der Waals surface area (Å²) in [6.07, 6.45) is 0. The Morgan fingerprint density at radius 1 is 1.80 bits per heavy atom. The summed E-state index contributed by atoms with van der Waals surface area (Å²) in [5, 5.41) is 7.12. The van der Waals surface area contributed by atoms with Gasteiger partial charge in [-0.15, -0.1) is 0 Å². The van der Waals surface area contributed by atoms with E-state index in [1.165, 1.54) is 0 Å². The van der Waals surface area contributed by atoms with Crippen LogP contribution in [-0.2, 0) is 13.6 Å². The van der Waals surface area contributed by atoms with E-state index < -0.39 is 0 Å². The Kier molecular flexibility index (Phi) is 1.91. The number of hydrogen-bond acceptors (Lipinski definition) is 3. The number of nitrogens with two attached hydrogens (primary N) is 1. The summed E-state index contributed by atoms with van der Waals surface area (Å²) in [7, 11) is 3.71. The quantitative estimate of drug-likeness (QED) is 0.594. The molecule has 0 saturated carbocycles. The van der Waals surface area contributed by atoms with Gasteiger partial charge in [-0.1, -0.05) is 0 Å². The van der Waals surface area contributed by atoms with E-state index in [9.17, 15) is 0 Å². The molecule has 4 heteroatoms. The van der Waals surface area contributed by atoms with E-state index in [0.29, 0.717) is 5.82 Å². The molecular weight excluding hydrogens is 128 g/mol. The average Bonchev–Trinajstić information content (AvgIpc) is 2.14. The van der Waals surface area contributed by atoms with Crippen molar-refractivity contribution in [1.29, 1.82) is 0 Å². The molecule has 0 spiro atoms. The monoisotopic (exact) mass is 140 g/mol. The van der Waals surface area contributed by atoms with Gasteiger partial charge in [0.05, 0.1) is 5.69 Å². The number of hydrogen-bond donors (Lipinski definition) is 2. The topological polar surface area (TPSA) is 55.9 Å². The number of nitrogens with one attached hydrogen (secondary N) is 1. The van der Waals surface area contributed by atoms with Crippen molar-refractivity contribution in [3.8, 4) is 0 Å².